The van der Waals surface area contributed by atoms with Crippen LogP contribution in [-0.4, -0.2) is 38.3 Å². The Morgan fingerprint density at radius 3 is 2.89 bits per heavy atom. The van der Waals surface area contributed by atoms with E-state index in [9.17, 15) is 9.90 Å². The van der Waals surface area contributed by atoms with E-state index < -0.39 is 5.97 Å². The minimum atomic E-state index is -0.706. The highest BCUT2D eigenvalue weighted by Gasteiger charge is 2.34. The van der Waals surface area contributed by atoms with Crippen LogP contribution in [0.5, 0.6) is 0 Å². The fourth-order valence-electron chi connectivity index (χ4n) is 2.84. The molecule has 1 fully saturated rings. The van der Waals surface area contributed by atoms with Crippen molar-refractivity contribution in [1.82, 2.24) is 14.7 Å². The number of aromatic nitrogens is 2. The number of hydrogen-bond donors (Lipinski definition) is 1. The van der Waals surface area contributed by atoms with Crippen LogP contribution in [0.25, 0.3) is 0 Å². The molecule has 18 heavy (non-hydrogen) atoms. The maximum atomic E-state index is 11.4. The molecular weight excluding hydrogens is 230 g/mol. The monoisotopic (exact) mass is 251 g/mol. The highest BCUT2D eigenvalue weighted by atomic mass is 16.4. The number of nitrogens with zero attached hydrogens (tertiary/aromatic N) is 3. The van der Waals surface area contributed by atoms with Crippen LogP contribution < -0.4 is 0 Å². The highest BCUT2D eigenvalue weighted by molar-refractivity contribution is 5.74. The number of piperidine rings is 1. The molecule has 1 aromatic heterocycles. The Balaban J connectivity index is 2.18. The summed E-state index contributed by atoms with van der Waals surface area (Å²) in [6, 6.07) is -0.368. The second-order valence-electron chi connectivity index (χ2n) is 5.27. The van der Waals surface area contributed by atoms with E-state index >= 15 is 0 Å². The molecule has 2 atom stereocenters. The lowest BCUT2D eigenvalue weighted by Gasteiger charge is -2.37. The molecule has 2 rings (SSSR count). The summed E-state index contributed by atoms with van der Waals surface area (Å²) in [7, 11) is 1.91. The van der Waals surface area contributed by atoms with E-state index in [1.165, 1.54) is 0 Å². The summed E-state index contributed by atoms with van der Waals surface area (Å²) in [5, 5.41) is 13.6. The van der Waals surface area contributed by atoms with Crippen LogP contribution in [-0.2, 0) is 18.4 Å². The Morgan fingerprint density at radius 2 is 2.33 bits per heavy atom. The zero-order valence-electron chi connectivity index (χ0n) is 11.3. The van der Waals surface area contributed by atoms with E-state index in [1.54, 1.807) is 0 Å². The van der Waals surface area contributed by atoms with Crippen molar-refractivity contribution in [1.29, 1.82) is 0 Å². The Kier molecular flexibility index (Phi) is 3.71. The quantitative estimate of drug-likeness (QED) is 0.882. The molecule has 100 valence electrons. The van der Waals surface area contributed by atoms with E-state index in [1.807, 2.05) is 31.8 Å². The summed E-state index contributed by atoms with van der Waals surface area (Å²) in [5.41, 5.74) is 2.23. The van der Waals surface area contributed by atoms with Crippen molar-refractivity contribution in [3.05, 3.63) is 17.5 Å². The molecule has 0 saturated carbocycles. The highest BCUT2D eigenvalue weighted by Crippen LogP contribution is 2.25. The van der Waals surface area contributed by atoms with Crippen LogP contribution in [0.1, 0.15) is 31.0 Å². The van der Waals surface area contributed by atoms with Gasteiger partial charge in [0.15, 0.2) is 0 Å². The number of carboxylic acid groups (broad SMARTS) is 1. The van der Waals surface area contributed by atoms with Gasteiger partial charge in [0.1, 0.15) is 6.04 Å². The van der Waals surface area contributed by atoms with Gasteiger partial charge in [-0.15, -0.1) is 0 Å². The summed E-state index contributed by atoms with van der Waals surface area (Å²) in [6.45, 7) is 5.57. The van der Waals surface area contributed by atoms with Gasteiger partial charge < -0.3 is 5.11 Å². The summed E-state index contributed by atoms with van der Waals surface area (Å²) < 4.78 is 1.84. The summed E-state index contributed by atoms with van der Waals surface area (Å²) in [5.74, 6) is -0.494. The second-order valence-corrected chi connectivity index (χ2v) is 5.27. The molecule has 0 amide bonds. The molecule has 5 heteroatoms. The standard InChI is InChI=1S/C13H21N3O2/c1-9-5-4-6-16(12(9)13(17)18)8-11-10(2)7-14-15(11)3/h7,9,12H,4-6,8H2,1-3H3,(H,17,18). The first kappa shape index (κ1) is 13.1. The van der Waals surface area contributed by atoms with Crippen molar-refractivity contribution >= 4 is 5.97 Å². The third-order valence-corrected chi connectivity index (χ3v) is 3.91. The maximum absolute atomic E-state index is 11.4. The van der Waals surface area contributed by atoms with Crippen LogP contribution >= 0.6 is 0 Å². The van der Waals surface area contributed by atoms with Gasteiger partial charge in [-0.25, -0.2) is 0 Å². The summed E-state index contributed by atoms with van der Waals surface area (Å²) in [4.78, 5) is 13.5. The van der Waals surface area contributed by atoms with Crippen molar-refractivity contribution in [2.24, 2.45) is 13.0 Å². The number of likely N-dealkylation sites (tertiary alicyclic amines) is 1. The average Bonchev–Trinajstić information content (AvgIpc) is 2.60. The first-order valence-electron chi connectivity index (χ1n) is 6.45. The Labute approximate surface area is 107 Å². The van der Waals surface area contributed by atoms with E-state index in [0.29, 0.717) is 6.54 Å². The number of aryl methyl sites for hydroxylation is 2. The molecular formula is C13H21N3O2. The second kappa shape index (κ2) is 5.10. The SMILES string of the molecule is Cc1cnn(C)c1CN1CCCC(C)C1C(=O)O. The minimum Gasteiger partial charge on any atom is -0.480 e. The first-order chi connectivity index (χ1) is 8.50. The predicted octanol–water partition coefficient (Wildman–Crippen LogP) is 1.41. The van der Waals surface area contributed by atoms with Gasteiger partial charge in [-0.1, -0.05) is 6.92 Å². The fourth-order valence-corrected chi connectivity index (χ4v) is 2.84. The lowest BCUT2D eigenvalue weighted by Crippen LogP contribution is -2.48. The van der Waals surface area contributed by atoms with Gasteiger partial charge in [0.2, 0.25) is 0 Å². The summed E-state index contributed by atoms with van der Waals surface area (Å²) in [6.07, 6.45) is 3.90. The average molecular weight is 251 g/mol. The zero-order chi connectivity index (χ0) is 13.3. The lowest BCUT2D eigenvalue weighted by atomic mass is 9.90. The van der Waals surface area contributed by atoms with Crippen LogP contribution in [0.15, 0.2) is 6.20 Å². The molecule has 2 heterocycles. The molecule has 0 aliphatic carbocycles. The van der Waals surface area contributed by atoms with Gasteiger partial charge in [0.05, 0.1) is 11.9 Å². The Hall–Kier alpha value is -1.36. The predicted molar refractivity (Wildman–Crippen MR) is 68.2 cm³/mol. The fraction of sp³-hybridized carbons (Fsp3) is 0.692. The van der Waals surface area contributed by atoms with E-state index in [-0.39, 0.29) is 12.0 Å². The molecule has 1 saturated heterocycles. The first-order valence-corrected chi connectivity index (χ1v) is 6.45. The van der Waals surface area contributed by atoms with Gasteiger partial charge in [-0.05, 0) is 37.8 Å². The van der Waals surface area contributed by atoms with Crippen LogP contribution in [0.4, 0.5) is 0 Å². The number of rotatable bonds is 3. The molecule has 0 radical (unpaired) electrons. The van der Waals surface area contributed by atoms with Crippen LogP contribution in [0.3, 0.4) is 0 Å². The molecule has 1 aromatic rings. The topological polar surface area (TPSA) is 58.4 Å². The Bertz CT molecular complexity index is 422. The number of carbonyl (C=O) groups is 1. The number of hydrogen-bond acceptors (Lipinski definition) is 3. The van der Waals surface area contributed by atoms with Crippen molar-refractivity contribution in [3.8, 4) is 0 Å². The number of carboxylic acids is 1. The molecule has 1 aliphatic heterocycles. The van der Waals surface area contributed by atoms with Crippen LogP contribution in [0.2, 0.25) is 0 Å². The van der Waals surface area contributed by atoms with Crippen LogP contribution in [0, 0.1) is 12.8 Å². The van der Waals surface area contributed by atoms with Gasteiger partial charge in [0, 0.05) is 13.6 Å². The maximum Gasteiger partial charge on any atom is 0.321 e. The third-order valence-electron chi connectivity index (χ3n) is 3.91. The molecule has 0 bridgehead atoms. The molecule has 2 unspecified atom stereocenters. The number of aliphatic carboxylic acids is 1. The zero-order valence-corrected chi connectivity index (χ0v) is 11.3. The van der Waals surface area contributed by atoms with Crippen molar-refractivity contribution in [2.45, 2.75) is 39.3 Å². The van der Waals surface area contributed by atoms with Crippen molar-refractivity contribution < 1.29 is 9.90 Å². The third kappa shape index (κ3) is 2.41. The minimum absolute atomic E-state index is 0.213. The smallest absolute Gasteiger partial charge is 0.321 e. The molecule has 0 aromatic carbocycles. The van der Waals surface area contributed by atoms with Gasteiger partial charge in [-0.2, -0.15) is 5.10 Å². The normalized spacial score (nSPS) is 25.3. The molecule has 1 aliphatic rings. The molecule has 5 nitrogen and oxygen atoms in total. The Morgan fingerprint density at radius 1 is 1.61 bits per heavy atom. The van der Waals surface area contributed by atoms with Gasteiger partial charge in [-0.3, -0.25) is 14.4 Å². The molecule has 1 N–H and O–H groups in total. The van der Waals surface area contributed by atoms with E-state index in [0.717, 1.165) is 30.6 Å². The largest absolute Gasteiger partial charge is 0.480 e. The van der Waals surface area contributed by atoms with E-state index in [2.05, 4.69) is 10.00 Å². The lowest BCUT2D eigenvalue weighted by molar-refractivity contribution is -0.147. The molecule has 0 spiro atoms. The van der Waals surface area contributed by atoms with Gasteiger partial charge in [0.25, 0.3) is 0 Å². The van der Waals surface area contributed by atoms with E-state index in [4.69, 9.17) is 0 Å². The summed E-state index contributed by atoms with van der Waals surface area (Å²) >= 11 is 0. The van der Waals surface area contributed by atoms with Crippen molar-refractivity contribution in [2.75, 3.05) is 6.54 Å². The van der Waals surface area contributed by atoms with Crippen molar-refractivity contribution in [3.63, 3.8) is 0 Å². The van der Waals surface area contributed by atoms with Gasteiger partial charge >= 0.3 is 5.97 Å².